The third-order valence-corrected chi connectivity index (χ3v) is 5.11. The maximum absolute atomic E-state index is 12.5. The van der Waals surface area contributed by atoms with Crippen LogP contribution in [0.2, 0.25) is 0 Å². The molecule has 2 atom stereocenters. The maximum atomic E-state index is 12.5. The molecule has 0 saturated carbocycles. The Kier molecular flexibility index (Phi) is 6.14. The Hall–Kier alpha value is -0.120. The average Bonchev–Trinajstić information content (AvgIpc) is 2.38. The SMILES string of the molecule is CO[C@H]1CC[C@](C)(C(C)=O)C(=O)N1S(=O)(=O)OCC(Cl)(Cl)Cl. The highest BCUT2D eigenvalue weighted by molar-refractivity contribution is 7.85. The minimum Gasteiger partial charge on any atom is -0.360 e. The molecule has 128 valence electrons. The van der Waals surface area contributed by atoms with Crippen molar-refractivity contribution in [2.75, 3.05) is 13.7 Å². The van der Waals surface area contributed by atoms with Gasteiger partial charge in [0, 0.05) is 7.11 Å². The number of carbonyl (C=O) groups excluding carboxylic acids is 2. The summed E-state index contributed by atoms with van der Waals surface area (Å²) in [5.41, 5.74) is -1.47. The summed E-state index contributed by atoms with van der Waals surface area (Å²) in [5.74, 6) is -1.38. The summed E-state index contributed by atoms with van der Waals surface area (Å²) < 4.78 is 32.5. The zero-order chi connectivity index (χ0) is 17.3. The first kappa shape index (κ1) is 19.9. The second-order valence-corrected chi connectivity index (χ2v) is 9.05. The van der Waals surface area contributed by atoms with Crippen molar-refractivity contribution in [3.63, 3.8) is 0 Å². The highest BCUT2D eigenvalue weighted by Crippen LogP contribution is 2.37. The van der Waals surface area contributed by atoms with Crippen molar-refractivity contribution in [2.45, 2.75) is 36.7 Å². The summed E-state index contributed by atoms with van der Waals surface area (Å²) in [6.45, 7) is 1.82. The van der Waals surface area contributed by atoms with Gasteiger partial charge in [0.05, 0.1) is 0 Å². The van der Waals surface area contributed by atoms with E-state index >= 15 is 0 Å². The van der Waals surface area contributed by atoms with Crippen LogP contribution in [-0.2, 0) is 28.8 Å². The number of ether oxygens (including phenoxy) is 1. The molecule has 0 radical (unpaired) electrons. The van der Waals surface area contributed by atoms with Crippen molar-refractivity contribution >= 4 is 56.8 Å². The Balaban J connectivity index is 3.15. The Labute approximate surface area is 144 Å². The molecular weight excluding hydrogens is 381 g/mol. The van der Waals surface area contributed by atoms with Crippen molar-refractivity contribution in [1.82, 2.24) is 4.31 Å². The number of piperidine rings is 1. The van der Waals surface area contributed by atoms with Crippen molar-refractivity contribution in [3.8, 4) is 0 Å². The summed E-state index contributed by atoms with van der Waals surface area (Å²) >= 11 is 16.3. The van der Waals surface area contributed by atoms with Crippen LogP contribution in [0.15, 0.2) is 0 Å². The molecular formula is C11H16Cl3NO6S. The molecule has 0 spiro atoms. The number of hydrogen-bond donors (Lipinski definition) is 0. The van der Waals surface area contributed by atoms with Gasteiger partial charge in [-0.2, -0.15) is 12.7 Å². The Bertz CT molecular complexity index is 561. The number of nitrogens with zero attached hydrogens (tertiary/aromatic N) is 1. The summed E-state index contributed by atoms with van der Waals surface area (Å²) in [7, 11) is -3.34. The van der Waals surface area contributed by atoms with Crippen LogP contribution >= 0.6 is 34.8 Å². The maximum Gasteiger partial charge on any atom is 0.367 e. The molecule has 1 heterocycles. The van der Waals surface area contributed by atoms with Gasteiger partial charge in [0.1, 0.15) is 24.0 Å². The van der Waals surface area contributed by atoms with E-state index in [-0.39, 0.29) is 12.8 Å². The topological polar surface area (TPSA) is 90.0 Å². The van der Waals surface area contributed by atoms with Crippen LogP contribution < -0.4 is 0 Å². The van der Waals surface area contributed by atoms with Crippen LogP contribution in [0.3, 0.4) is 0 Å². The zero-order valence-corrected chi connectivity index (χ0v) is 15.2. The molecule has 0 N–H and O–H groups in total. The fourth-order valence-electron chi connectivity index (χ4n) is 1.99. The van der Waals surface area contributed by atoms with Crippen LogP contribution in [0.4, 0.5) is 0 Å². The molecule has 0 aromatic carbocycles. The van der Waals surface area contributed by atoms with Gasteiger partial charge in [0.2, 0.25) is 3.79 Å². The van der Waals surface area contributed by atoms with Gasteiger partial charge in [-0.3, -0.25) is 9.59 Å². The van der Waals surface area contributed by atoms with Crippen LogP contribution in [0, 0.1) is 5.41 Å². The number of carbonyl (C=O) groups is 2. The lowest BCUT2D eigenvalue weighted by molar-refractivity contribution is -0.158. The van der Waals surface area contributed by atoms with Crippen LogP contribution in [0.1, 0.15) is 26.7 Å². The monoisotopic (exact) mass is 395 g/mol. The highest BCUT2D eigenvalue weighted by Gasteiger charge is 2.52. The standard InChI is InChI=1S/C11H16Cl3NO6S/c1-7(16)10(2)5-4-8(20-3)15(9(10)17)22(18,19)21-6-11(12,13)14/h8H,4-6H2,1-3H3/t8-,10+/m0/s1. The predicted molar refractivity (Wildman–Crippen MR) is 80.8 cm³/mol. The summed E-state index contributed by atoms with van der Waals surface area (Å²) in [6, 6.07) is 0. The van der Waals surface area contributed by atoms with Gasteiger partial charge in [0.25, 0.3) is 5.91 Å². The minimum absolute atomic E-state index is 0.147. The van der Waals surface area contributed by atoms with Crippen molar-refractivity contribution < 1.29 is 26.9 Å². The Morgan fingerprint density at radius 2 is 2.00 bits per heavy atom. The second-order valence-electron chi connectivity index (χ2n) is 5.05. The van der Waals surface area contributed by atoms with Gasteiger partial charge in [0.15, 0.2) is 0 Å². The lowest BCUT2D eigenvalue weighted by atomic mass is 9.78. The smallest absolute Gasteiger partial charge is 0.360 e. The number of halogens is 3. The van der Waals surface area contributed by atoms with Gasteiger partial charge < -0.3 is 4.74 Å². The number of ketones is 1. The molecule has 0 aromatic heterocycles. The minimum atomic E-state index is -4.58. The number of amides is 1. The fourth-order valence-corrected chi connectivity index (χ4v) is 3.68. The molecule has 1 aliphatic heterocycles. The lowest BCUT2D eigenvalue weighted by Crippen LogP contribution is -2.58. The van der Waals surface area contributed by atoms with E-state index in [9.17, 15) is 18.0 Å². The Morgan fingerprint density at radius 3 is 2.41 bits per heavy atom. The highest BCUT2D eigenvalue weighted by atomic mass is 35.6. The number of methoxy groups -OCH3 is 1. The van der Waals surface area contributed by atoms with E-state index in [4.69, 9.17) is 39.5 Å². The zero-order valence-electron chi connectivity index (χ0n) is 12.1. The first-order chi connectivity index (χ1) is 9.85. The van der Waals surface area contributed by atoms with Crippen LogP contribution in [-0.4, -0.2) is 48.2 Å². The average molecular weight is 397 g/mol. The molecule has 1 amide bonds. The molecule has 7 nitrogen and oxygen atoms in total. The van der Waals surface area contributed by atoms with Gasteiger partial charge in [-0.1, -0.05) is 34.8 Å². The molecule has 1 aliphatic rings. The summed E-state index contributed by atoms with van der Waals surface area (Å²) in [6.07, 6.45) is -0.773. The molecule has 11 heteroatoms. The molecule has 0 unspecified atom stereocenters. The molecule has 0 bridgehead atoms. The van der Waals surface area contributed by atoms with E-state index in [2.05, 4.69) is 4.18 Å². The fraction of sp³-hybridized carbons (Fsp3) is 0.818. The number of hydrogen-bond acceptors (Lipinski definition) is 6. The van der Waals surface area contributed by atoms with Crippen molar-refractivity contribution in [3.05, 3.63) is 0 Å². The Morgan fingerprint density at radius 1 is 1.45 bits per heavy atom. The van der Waals surface area contributed by atoms with Gasteiger partial charge in [-0.05, 0) is 26.7 Å². The van der Waals surface area contributed by atoms with E-state index in [1.165, 1.54) is 21.0 Å². The van der Waals surface area contributed by atoms with Crippen LogP contribution in [0.5, 0.6) is 0 Å². The number of rotatable bonds is 5. The van der Waals surface area contributed by atoms with E-state index in [0.29, 0.717) is 4.31 Å². The van der Waals surface area contributed by atoms with E-state index < -0.39 is 44.0 Å². The van der Waals surface area contributed by atoms with Gasteiger partial charge >= 0.3 is 10.3 Å². The molecule has 0 aromatic rings. The lowest BCUT2D eigenvalue weighted by Gasteiger charge is -2.40. The molecule has 0 aliphatic carbocycles. The van der Waals surface area contributed by atoms with Gasteiger partial charge in [-0.25, -0.2) is 4.18 Å². The molecule has 1 saturated heterocycles. The largest absolute Gasteiger partial charge is 0.367 e. The van der Waals surface area contributed by atoms with E-state index in [1.807, 2.05) is 0 Å². The van der Waals surface area contributed by atoms with Crippen molar-refractivity contribution in [1.29, 1.82) is 0 Å². The summed E-state index contributed by atoms with van der Waals surface area (Å²) in [4.78, 5) is 24.2. The van der Waals surface area contributed by atoms with Gasteiger partial charge in [-0.15, -0.1) is 0 Å². The van der Waals surface area contributed by atoms with Crippen LogP contribution in [0.25, 0.3) is 0 Å². The molecule has 1 fully saturated rings. The molecule has 1 rings (SSSR count). The van der Waals surface area contributed by atoms with E-state index in [1.54, 1.807) is 0 Å². The normalized spacial score (nSPS) is 27.1. The summed E-state index contributed by atoms with van der Waals surface area (Å²) in [5, 5.41) is 0. The quantitative estimate of drug-likeness (QED) is 0.520. The predicted octanol–water partition coefficient (Wildman–Crippen LogP) is 1.81. The third kappa shape index (κ3) is 4.24. The third-order valence-electron chi connectivity index (χ3n) is 3.49. The molecule has 22 heavy (non-hydrogen) atoms. The second kappa shape index (κ2) is 6.78. The number of Topliss-reactive ketones (excluding diaryl/α,β-unsaturated/α-hetero) is 1. The van der Waals surface area contributed by atoms with Crippen molar-refractivity contribution in [2.24, 2.45) is 5.41 Å². The van der Waals surface area contributed by atoms with E-state index in [0.717, 1.165) is 0 Å². The number of alkyl halides is 3. The first-order valence-electron chi connectivity index (χ1n) is 6.19. The first-order valence-corrected chi connectivity index (χ1v) is 8.69.